The number of halogens is 2. The molecule has 100 valence electrons. The predicted molar refractivity (Wildman–Crippen MR) is 78.3 cm³/mol. The van der Waals surface area contributed by atoms with Crippen molar-refractivity contribution in [2.75, 3.05) is 0 Å². The maximum absolute atomic E-state index is 13.3. The van der Waals surface area contributed by atoms with Crippen molar-refractivity contribution in [1.82, 2.24) is 4.98 Å². The van der Waals surface area contributed by atoms with Gasteiger partial charge in [-0.15, -0.1) is 0 Å². The fraction of sp³-hybridized carbons (Fsp3) is 0.267. The van der Waals surface area contributed by atoms with Crippen LogP contribution in [0.4, 0.5) is 4.39 Å². The van der Waals surface area contributed by atoms with E-state index < -0.39 is 0 Å². The summed E-state index contributed by atoms with van der Waals surface area (Å²) in [4.78, 5) is 4.11. The third kappa shape index (κ3) is 3.39. The van der Waals surface area contributed by atoms with Gasteiger partial charge < -0.3 is 5.73 Å². The summed E-state index contributed by atoms with van der Waals surface area (Å²) in [7, 11) is 0. The average molecular weight is 323 g/mol. The minimum absolute atomic E-state index is 0.156. The van der Waals surface area contributed by atoms with Crippen LogP contribution in [0.3, 0.4) is 0 Å². The number of nitrogens with two attached hydrogens (primary N) is 1. The number of rotatable bonds is 4. The molecule has 0 radical (unpaired) electrons. The predicted octanol–water partition coefficient (Wildman–Crippen LogP) is 3.79. The van der Waals surface area contributed by atoms with Gasteiger partial charge in [0.05, 0.1) is 0 Å². The molecule has 0 fully saturated rings. The summed E-state index contributed by atoms with van der Waals surface area (Å²) < 4.78 is 14.2. The van der Waals surface area contributed by atoms with Crippen LogP contribution >= 0.6 is 15.9 Å². The van der Waals surface area contributed by atoms with E-state index in [1.165, 1.54) is 12.1 Å². The molecule has 19 heavy (non-hydrogen) atoms. The lowest BCUT2D eigenvalue weighted by molar-refractivity contribution is 0.621. The Morgan fingerprint density at radius 1 is 1.32 bits per heavy atom. The van der Waals surface area contributed by atoms with Gasteiger partial charge in [0.25, 0.3) is 0 Å². The summed E-state index contributed by atoms with van der Waals surface area (Å²) >= 11 is 3.43. The van der Waals surface area contributed by atoms with Crippen LogP contribution in [0.25, 0.3) is 0 Å². The van der Waals surface area contributed by atoms with Gasteiger partial charge in [0, 0.05) is 22.9 Å². The Labute approximate surface area is 121 Å². The van der Waals surface area contributed by atoms with Crippen LogP contribution in [0.2, 0.25) is 0 Å². The van der Waals surface area contributed by atoms with Crippen molar-refractivity contribution < 1.29 is 4.39 Å². The van der Waals surface area contributed by atoms with Crippen LogP contribution < -0.4 is 5.73 Å². The summed E-state index contributed by atoms with van der Waals surface area (Å²) in [5.41, 5.74) is 9.35. The highest BCUT2D eigenvalue weighted by Crippen LogP contribution is 2.25. The number of nitrogens with zero attached hydrogens (tertiary/aromatic N) is 1. The van der Waals surface area contributed by atoms with Gasteiger partial charge in [-0.1, -0.05) is 22.9 Å². The number of pyridine rings is 1. The molecule has 0 amide bonds. The first kappa shape index (κ1) is 14.2. The van der Waals surface area contributed by atoms with Gasteiger partial charge in [0.1, 0.15) is 5.82 Å². The molecule has 0 bridgehead atoms. The standard InChI is InChI=1S/C15H16BrFN2/c1-2-10-9-19-6-5-13(10)15(18)8-11-7-12(17)3-4-14(11)16/h3-7,9,15H,2,8,18H2,1H3. The summed E-state index contributed by atoms with van der Waals surface area (Å²) in [6, 6.07) is 6.46. The summed E-state index contributed by atoms with van der Waals surface area (Å²) in [5.74, 6) is -0.240. The molecule has 1 atom stereocenters. The van der Waals surface area contributed by atoms with Gasteiger partial charge in [-0.3, -0.25) is 4.98 Å². The van der Waals surface area contributed by atoms with E-state index in [1.807, 2.05) is 12.3 Å². The molecule has 2 N–H and O–H groups in total. The quantitative estimate of drug-likeness (QED) is 0.930. The summed E-state index contributed by atoms with van der Waals surface area (Å²) in [5, 5.41) is 0. The molecule has 0 saturated carbocycles. The van der Waals surface area contributed by atoms with Gasteiger partial charge in [0.15, 0.2) is 0 Å². The van der Waals surface area contributed by atoms with Crippen LogP contribution in [0.1, 0.15) is 29.7 Å². The SMILES string of the molecule is CCc1cnccc1C(N)Cc1cc(F)ccc1Br. The van der Waals surface area contributed by atoms with E-state index in [9.17, 15) is 4.39 Å². The molecule has 1 unspecified atom stereocenters. The Balaban J connectivity index is 2.25. The molecule has 4 heteroatoms. The first-order chi connectivity index (χ1) is 9.11. The third-order valence-electron chi connectivity index (χ3n) is 3.17. The fourth-order valence-corrected chi connectivity index (χ4v) is 2.55. The largest absolute Gasteiger partial charge is 0.324 e. The second kappa shape index (κ2) is 6.26. The molecule has 1 heterocycles. The third-order valence-corrected chi connectivity index (χ3v) is 3.94. The molecule has 0 aliphatic carbocycles. The highest BCUT2D eigenvalue weighted by atomic mass is 79.9. The Hall–Kier alpha value is -1.26. The van der Waals surface area contributed by atoms with Crippen molar-refractivity contribution in [3.63, 3.8) is 0 Å². The van der Waals surface area contributed by atoms with Crippen molar-refractivity contribution in [3.8, 4) is 0 Å². The van der Waals surface area contributed by atoms with E-state index in [-0.39, 0.29) is 11.9 Å². The van der Waals surface area contributed by atoms with Gasteiger partial charge in [-0.05, 0) is 53.8 Å². The Morgan fingerprint density at radius 2 is 2.11 bits per heavy atom. The lowest BCUT2D eigenvalue weighted by Gasteiger charge is -2.16. The average Bonchev–Trinajstić information content (AvgIpc) is 2.42. The highest BCUT2D eigenvalue weighted by Gasteiger charge is 2.13. The molecular formula is C15H16BrFN2. The zero-order valence-corrected chi connectivity index (χ0v) is 12.3. The number of benzene rings is 1. The zero-order valence-electron chi connectivity index (χ0n) is 10.7. The molecular weight excluding hydrogens is 307 g/mol. The van der Waals surface area contributed by atoms with Crippen LogP contribution in [0.5, 0.6) is 0 Å². The van der Waals surface area contributed by atoms with E-state index >= 15 is 0 Å². The van der Waals surface area contributed by atoms with E-state index in [1.54, 1.807) is 12.3 Å². The van der Waals surface area contributed by atoms with Gasteiger partial charge >= 0.3 is 0 Å². The molecule has 0 spiro atoms. The van der Waals surface area contributed by atoms with Crippen LogP contribution in [0.15, 0.2) is 41.1 Å². The lowest BCUT2D eigenvalue weighted by atomic mass is 9.96. The molecule has 2 nitrogen and oxygen atoms in total. The molecule has 0 aliphatic heterocycles. The van der Waals surface area contributed by atoms with Gasteiger partial charge in [-0.2, -0.15) is 0 Å². The van der Waals surface area contributed by atoms with Crippen molar-refractivity contribution in [1.29, 1.82) is 0 Å². The first-order valence-corrected chi connectivity index (χ1v) is 7.03. The fourth-order valence-electron chi connectivity index (χ4n) is 2.14. The van der Waals surface area contributed by atoms with Crippen molar-refractivity contribution in [2.24, 2.45) is 5.73 Å². The summed E-state index contributed by atoms with van der Waals surface area (Å²) in [6.07, 6.45) is 5.07. The normalized spacial score (nSPS) is 12.4. The minimum Gasteiger partial charge on any atom is -0.324 e. The smallest absolute Gasteiger partial charge is 0.123 e. The van der Waals surface area contributed by atoms with E-state index in [2.05, 4.69) is 27.8 Å². The number of hydrogen-bond donors (Lipinski definition) is 1. The number of aromatic nitrogens is 1. The number of aryl methyl sites for hydroxylation is 1. The van der Waals surface area contributed by atoms with E-state index in [0.717, 1.165) is 27.6 Å². The molecule has 1 aromatic carbocycles. The monoisotopic (exact) mass is 322 g/mol. The van der Waals surface area contributed by atoms with Crippen molar-refractivity contribution in [2.45, 2.75) is 25.8 Å². The van der Waals surface area contributed by atoms with Crippen molar-refractivity contribution in [3.05, 3.63) is 63.6 Å². The molecule has 2 rings (SSSR count). The Kier molecular flexibility index (Phi) is 4.66. The second-order valence-electron chi connectivity index (χ2n) is 4.47. The topological polar surface area (TPSA) is 38.9 Å². The van der Waals surface area contributed by atoms with Gasteiger partial charge in [-0.25, -0.2) is 4.39 Å². The van der Waals surface area contributed by atoms with Crippen LogP contribution in [-0.2, 0) is 12.8 Å². The van der Waals surface area contributed by atoms with Crippen molar-refractivity contribution >= 4 is 15.9 Å². The maximum atomic E-state index is 13.3. The maximum Gasteiger partial charge on any atom is 0.123 e. The van der Waals surface area contributed by atoms with E-state index in [0.29, 0.717) is 6.42 Å². The minimum atomic E-state index is -0.240. The number of hydrogen-bond acceptors (Lipinski definition) is 2. The highest BCUT2D eigenvalue weighted by molar-refractivity contribution is 9.10. The van der Waals surface area contributed by atoms with Gasteiger partial charge in [0.2, 0.25) is 0 Å². The Morgan fingerprint density at radius 3 is 2.84 bits per heavy atom. The first-order valence-electron chi connectivity index (χ1n) is 6.24. The second-order valence-corrected chi connectivity index (χ2v) is 5.33. The van der Waals surface area contributed by atoms with Crippen LogP contribution in [0, 0.1) is 5.82 Å². The zero-order chi connectivity index (χ0) is 13.8. The lowest BCUT2D eigenvalue weighted by Crippen LogP contribution is -2.16. The molecule has 1 aromatic heterocycles. The molecule has 0 aliphatic rings. The summed E-state index contributed by atoms with van der Waals surface area (Å²) in [6.45, 7) is 2.07. The van der Waals surface area contributed by atoms with Crippen LogP contribution in [-0.4, -0.2) is 4.98 Å². The molecule has 2 aromatic rings. The Bertz CT molecular complexity index is 572. The molecule has 0 saturated heterocycles. The van der Waals surface area contributed by atoms with E-state index in [4.69, 9.17) is 5.73 Å².